The molecule has 0 saturated carbocycles. The highest BCUT2D eigenvalue weighted by atomic mass is 35.5. The number of sulfonamides is 2. The molecule has 2 aromatic rings. The predicted octanol–water partition coefficient (Wildman–Crippen LogP) is 3.00. The molecule has 0 aromatic heterocycles. The first-order valence-electron chi connectivity index (χ1n) is 9.25. The zero-order valence-corrected chi connectivity index (χ0v) is 18.4. The highest BCUT2D eigenvalue weighted by Gasteiger charge is 2.27. The van der Waals surface area contributed by atoms with E-state index in [0.29, 0.717) is 31.0 Å². The van der Waals surface area contributed by atoms with Crippen LogP contribution < -0.4 is 9.46 Å². The van der Waals surface area contributed by atoms with Gasteiger partial charge in [0.25, 0.3) is 0 Å². The van der Waals surface area contributed by atoms with E-state index in [9.17, 15) is 16.8 Å². The second-order valence-corrected chi connectivity index (χ2v) is 10.7. The van der Waals surface area contributed by atoms with Crippen LogP contribution in [0.25, 0.3) is 0 Å². The molecule has 158 valence electrons. The maximum absolute atomic E-state index is 12.5. The van der Waals surface area contributed by atoms with Gasteiger partial charge >= 0.3 is 0 Å². The van der Waals surface area contributed by atoms with Crippen molar-refractivity contribution >= 4 is 31.6 Å². The molecule has 0 unspecified atom stereocenters. The van der Waals surface area contributed by atoms with E-state index in [1.165, 1.54) is 34.6 Å². The third-order valence-electron chi connectivity index (χ3n) is 4.61. The summed E-state index contributed by atoms with van der Waals surface area (Å²) < 4.78 is 59.4. The molecule has 1 fully saturated rings. The lowest BCUT2D eigenvalue weighted by Gasteiger charge is -2.15. The Labute approximate surface area is 176 Å². The van der Waals surface area contributed by atoms with Gasteiger partial charge in [-0.3, -0.25) is 0 Å². The molecular weight excluding hydrogens is 436 g/mol. The van der Waals surface area contributed by atoms with E-state index in [2.05, 4.69) is 4.72 Å². The first kappa shape index (κ1) is 22.0. The molecule has 1 aliphatic heterocycles. The van der Waals surface area contributed by atoms with E-state index in [0.717, 1.165) is 12.8 Å². The molecule has 0 radical (unpaired) electrons. The maximum Gasteiger partial charge on any atom is 0.243 e. The smallest absolute Gasteiger partial charge is 0.243 e. The van der Waals surface area contributed by atoms with E-state index < -0.39 is 20.0 Å². The standard InChI is InChI=1S/C19H23ClN2O5S2/c1-2-27-19-10-9-17(13-18(19)20)28(23,24)21-14-15-5-7-16(8-6-15)29(25,26)22-11-3-4-12-22/h5-10,13,21H,2-4,11-12,14H2,1H3. The fourth-order valence-electron chi connectivity index (χ4n) is 3.04. The SMILES string of the molecule is CCOc1ccc(S(=O)(=O)NCc2ccc(S(=O)(=O)N3CCCC3)cc2)cc1Cl. The molecule has 2 aromatic carbocycles. The van der Waals surface area contributed by atoms with Crippen LogP contribution in [0.5, 0.6) is 5.75 Å². The average molecular weight is 459 g/mol. The van der Waals surface area contributed by atoms with Gasteiger partial charge in [-0.05, 0) is 55.7 Å². The van der Waals surface area contributed by atoms with Crippen LogP contribution in [-0.4, -0.2) is 40.8 Å². The molecule has 0 atom stereocenters. The van der Waals surface area contributed by atoms with Crippen LogP contribution in [0.4, 0.5) is 0 Å². The second-order valence-electron chi connectivity index (χ2n) is 6.60. The molecular formula is C19H23ClN2O5S2. The van der Waals surface area contributed by atoms with Crippen molar-refractivity contribution in [3.05, 3.63) is 53.1 Å². The Balaban J connectivity index is 1.68. The molecule has 1 N–H and O–H groups in total. The minimum absolute atomic E-state index is 0.0250. The van der Waals surface area contributed by atoms with Crippen molar-refractivity contribution in [1.29, 1.82) is 0 Å². The Hall–Kier alpha value is -1.65. The van der Waals surface area contributed by atoms with Gasteiger partial charge in [0, 0.05) is 19.6 Å². The number of hydrogen-bond acceptors (Lipinski definition) is 5. The van der Waals surface area contributed by atoms with Crippen LogP contribution in [-0.2, 0) is 26.6 Å². The molecule has 29 heavy (non-hydrogen) atoms. The van der Waals surface area contributed by atoms with Crippen molar-refractivity contribution in [3.8, 4) is 5.75 Å². The molecule has 0 amide bonds. The highest BCUT2D eigenvalue weighted by Crippen LogP contribution is 2.27. The summed E-state index contributed by atoms with van der Waals surface area (Å²) in [6.07, 6.45) is 1.74. The lowest BCUT2D eigenvalue weighted by molar-refractivity contribution is 0.340. The highest BCUT2D eigenvalue weighted by molar-refractivity contribution is 7.89. The Morgan fingerprint density at radius 3 is 2.21 bits per heavy atom. The third kappa shape index (κ3) is 5.10. The zero-order chi connectivity index (χ0) is 21.1. The number of ether oxygens (including phenoxy) is 1. The first-order chi connectivity index (χ1) is 13.7. The van der Waals surface area contributed by atoms with Crippen LogP contribution in [0.1, 0.15) is 25.3 Å². The molecule has 10 heteroatoms. The Bertz CT molecular complexity index is 1060. The summed E-state index contributed by atoms with van der Waals surface area (Å²) in [6.45, 7) is 3.33. The van der Waals surface area contributed by atoms with Crippen LogP contribution in [0.15, 0.2) is 52.3 Å². The molecule has 7 nitrogen and oxygen atoms in total. The van der Waals surface area contributed by atoms with E-state index in [4.69, 9.17) is 16.3 Å². The number of nitrogens with zero attached hydrogens (tertiary/aromatic N) is 1. The van der Waals surface area contributed by atoms with Gasteiger partial charge in [0.05, 0.1) is 21.4 Å². The minimum atomic E-state index is -3.78. The third-order valence-corrected chi connectivity index (χ3v) is 8.21. The number of nitrogens with one attached hydrogen (secondary N) is 1. The van der Waals surface area contributed by atoms with E-state index in [1.54, 1.807) is 12.1 Å². The summed E-state index contributed by atoms with van der Waals surface area (Å²) in [5.41, 5.74) is 0.644. The summed E-state index contributed by atoms with van der Waals surface area (Å²) in [5, 5.41) is 0.214. The topological polar surface area (TPSA) is 92.8 Å². The summed E-state index contributed by atoms with van der Waals surface area (Å²) in [7, 11) is -7.27. The van der Waals surface area contributed by atoms with E-state index in [1.807, 2.05) is 6.92 Å². The quantitative estimate of drug-likeness (QED) is 0.656. The molecule has 1 saturated heterocycles. The van der Waals surface area contributed by atoms with Crippen molar-refractivity contribution in [2.75, 3.05) is 19.7 Å². The maximum atomic E-state index is 12.5. The predicted molar refractivity (Wildman–Crippen MR) is 111 cm³/mol. The van der Waals surface area contributed by atoms with Crippen LogP contribution in [0.3, 0.4) is 0 Å². The van der Waals surface area contributed by atoms with Crippen LogP contribution >= 0.6 is 11.6 Å². The van der Waals surface area contributed by atoms with Gasteiger partial charge in [0.15, 0.2) is 0 Å². The average Bonchev–Trinajstić information content (AvgIpc) is 3.24. The lowest BCUT2D eigenvalue weighted by atomic mass is 10.2. The fraction of sp³-hybridized carbons (Fsp3) is 0.368. The van der Waals surface area contributed by atoms with Crippen molar-refractivity contribution in [2.45, 2.75) is 36.1 Å². The van der Waals surface area contributed by atoms with E-state index in [-0.39, 0.29) is 21.4 Å². The molecule has 0 aliphatic carbocycles. The van der Waals surface area contributed by atoms with Gasteiger partial charge in [0.2, 0.25) is 20.0 Å². The lowest BCUT2D eigenvalue weighted by Crippen LogP contribution is -2.28. The van der Waals surface area contributed by atoms with Crippen molar-refractivity contribution < 1.29 is 21.6 Å². The Kier molecular flexibility index (Phi) is 6.85. The van der Waals surface area contributed by atoms with Gasteiger partial charge < -0.3 is 4.74 Å². The van der Waals surface area contributed by atoms with E-state index >= 15 is 0 Å². The summed E-state index contributed by atoms with van der Waals surface area (Å²) in [4.78, 5) is 0.239. The normalized spacial score (nSPS) is 15.5. The first-order valence-corrected chi connectivity index (χ1v) is 12.6. The van der Waals surface area contributed by atoms with Crippen molar-refractivity contribution in [3.63, 3.8) is 0 Å². The number of rotatable bonds is 8. The van der Waals surface area contributed by atoms with Gasteiger partial charge in [0.1, 0.15) is 5.75 Å². The second kappa shape index (κ2) is 9.01. The molecule has 0 spiro atoms. The number of hydrogen-bond donors (Lipinski definition) is 1. The molecule has 1 aliphatic rings. The van der Waals surface area contributed by atoms with Gasteiger partial charge in [-0.15, -0.1) is 0 Å². The minimum Gasteiger partial charge on any atom is -0.492 e. The van der Waals surface area contributed by atoms with Crippen molar-refractivity contribution in [1.82, 2.24) is 9.03 Å². The van der Waals surface area contributed by atoms with Crippen molar-refractivity contribution in [2.24, 2.45) is 0 Å². The monoisotopic (exact) mass is 458 g/mol. The molecule has 1 heterocycles. The number of halogens is 1. The van der Waals surface area contributed by atoms with Gasteiger partial charge in [-0.2, -0.15) is 4.31 Å². The Morgan fingerprint density at radius 2 is 1.62 bits per heavy atom. The number of benzene rings is 2. The summed E-state index contributed by atoms with van der Waals surface area (Å²) in [6, 6.07) is 10.5. The largest absolute Gasteiger partial charge is 0.492 e. The zero-order valence-electron chi connectivity index (χ0n) is 16.0. The summed E-state index contributed by atoms with van der Waals surface area (Å²) >= 11 is 6.07. The molecule has 0 bridgehead atoms. The fourth-order valence-corrected chi connectivity index (χ4v) is 5.90. The summed E-state index contributed by atoms with van der Waals surface area (Å²) in [5.74, 6) is 0.419. The molecule has 3 rings (SSSR count). The van der Waals surface area contributed by atoms with Crippen LogP contribution in [0, 0.1) is 0 Å². The van der Waals surface area contributed by atoms with Gasteiger partial charge in [-0.25, -0.2) is 21.6 Å². The van der Waals surface area contributed by atoms with Gasteiger partial charge in [-0.1, -0.05) is 23.7 Å². The van der Waals surface area contributed by atoms with Crippen LogP contribution in [0.2, 0.25) is 5.02 Å². The Morgan fingerprint density at radius 1 is 1.00 bits per heavy atom.